The molecule has 1 aliphatic heterocycles. The summed E-state index contributed by atoms with van der Waals surface area (Å²) in [5, 5.41) is 11.5. The van der Waals surface area contributed by atoms with Crippen LogP contribution in [0.3, 0.4) is 0 Å². The quantitative estimate of drug-likeness (QED) is 0.559. The van der Waals surface area contributed by atoms with E-state index in [9.17, 15) is 19.5 Å². The van der Waals surface area contributed by atoms with Crippen molar-refractivity contribution < 1.29 is 38.1 Å². The monoisotopic (exact) mass is 444 g/mol. The molecular formula is C24H28O8. The highest BCUT2D eigenvalue weighted by Gasteiger charge is 2.67. The molecule has 0 saturated heterocycles. The van der Waals surface area contributed by atoms with Crippen LogP contribution in [0.25, 0.3) is 0 Å². The lowest BCUT2D eigenvalue weighted by Gasteiger charge is -2.56. The van der Waals surface area contributed by atoms with Crippen LogP contribution in [0.15, 0.2) is 21.8 Å². The Labute approximate surface area is 185 Å². The maximum atomic E-state index is 12.9. The Hall–Kier alpha value is -2.45. The lowest BCUT2D eigenvalue weighted by Crippen LogP contribution is -2.63. The van der Waals surface area contributed by atoms with Gasteiger partial charge in [-0.3, -0.25) is 9.59 Å². The van der Waals surface area contributed by atoms with Crippen LogP contribution in [0.1, 0.15) is 74.7 Å². The molecule has 3 aliphatic carbocycles. The number of esters is 2. The summed E-state index contributed by atoms with van der Waals surface area (Å²) in [6.07, 6.45) is 0.727. The van der Waals surface area contributed by atoms with Crippen molar-refractivity contribution in [3.8, 4) is 0 Å². The number of Topliss-reactive ketones (excluding diaryl/α,β-unsaturated/α-hetero) is 1. The Bertz CT molecular complexity index is 1080. The number of aliphatic hydroxyl groups is 1. The minimum atomic E-state index is -1.15. The summed E-state index contributed by atoms with van der Waals surface area (Å²) in [5.74, 6) is -0.875. The second-order valence-electron chi connectivity index (χ2n) is 10.1. The number of ether oxygens (including phenoxy) is 3. The average Bonchev–Trinajstić information content (AvgIpc) is 3.27. The van der Waals surface area contributed by atoms with Gasteiger partial charge in [-0.1, -0.05) is 6.92 Å². The Morgan fingerprint density at radius 1 is 1.28 bits per heavy atom. The number of hydrogen-bond acceptors (Lipinski definition) is 8. The average molecular weight is 444 g/mol. The molecule has 1 aromatic heterocycles. The summed E-state index contributed by atoms with van der Waals surface area (Å²) in [5.41, 5.74) is -0.766. The van der Waals surface area contributed by atoms with E-state index in [2.05, 4.69) is 0 Å². The summed E-state index contributed by atoms with van der Waals surface area (Å²) in [6.45, 7) is 7.01. The van der Waals surface area contributed by atoms with Crippen LogP contribution in [0, 0.1) is 11.3 Å². The zero-order chi connectivity index (χ0) is 23.2. The maximum Gasteiger partial charge on any atom is 0.342 e. The van der Waals surface area contributed by atoms with E-state index in [1.807, 2.05) is 13.8 Å². The van der Waals surface area contributed by atoms with Gasteiger partial charge in [0.1, 0.15) is 41.2 Å². The maximum absolute atomic E-state index is 12.9. The zero-order valence-electron chi connectivity index (χ0n) is 18.9. The van der Waals surface area contributed by atoms with Gasteiger partial charge in [-0.2, -0.15) is 0 Å². The third-order valence-electron chi connectivity index (χ3n) is 8.41. The van der Waals surface area contributed by atoms with Gasteiger partial charge in [0.2, 0.25) is 0 Å². The molecule has 0 aromatic carbocycles. The fourth-order valence-electron chi connectivity index (χ4n) is 6.82. The minimum absolute atomic E-state index is 0.0832. The first kappa shape index (κ1) is 21.4. The van der Waals surface area contributed by atoms with Crippen molar-refractivity contribution in [2.45, 2.75) is 70.2 Å². The van der Waals surface area contributed by atoms with Crippen molar-refractivity contribution in [3.63, 3.8) is 0 Å². The Morgan fingerprint density at radius 3 is 2.66 bits per heavy atom. The molecule has 4 aliphatic rings. The van der Waals surface area contributed by atoms with Crippen molar-refractivity contribution >= 4 is 17.7 Å². The molecule has 6 atom stereocenters. The number of ketones is 1. The molecule has 8 nitrogen and oxygen atoms in total. The molecule has 1 fully saturated rings. The molecule has 0 amide bonds. The lowest BCUT2D eigenvalue weighted by molar-refractivity contribution is -0.151. The number of hydrogen-bond donors (Lipinski definition) is 1. The molecule has 172 valence electrons. The number of rotatable bonds is 3. The summed E-state index contributed by atoms with van der Waals surface area (Å²) >= 11 is 0. The van der Waals surface area contributed by atoms with Crippen LogP contribution < -0.4 is 0 Å². The number of carbonyl (C=O) groups excluding carboxylic acids is 3. The standard InChI is InChI=1S/C24H28O8/c1-11(25)31-14-8-22(2)13(6-7-15(22)26)16-18(14)24(4)17-12(9-30-20(17)19(16)27)21(28)32-23(24,3)10-29-5/h9,13-14,19,27H,6-8,10H2,1-5H3/t13-,14+,19?,22-,23-,24-/m0/s1. The largest absolute Gasteiger partial charge is 0.465 e. The first-order valence-electron chi connectivity index (χ1n) is 11.0. The van der Waals surface area contributed by atoms with Gasteiger partial charge in [-0.15, -0.1) is 0 Å². The van der Waals surface area contributed by atoms with Gasteiger partial charge >= 0.3 is 11.9 Å². The van der Waals surface area contributed by atoms with E-state index in [1.54, 1.807) is 6.92 Å². The molecule has 1 saturated carbocycles. The van der Waals surface area contributed by atoms with Gasteiger partial charge in [0.05, 0.1) is 12.0 Å². The van der Waals surface area contributed by atoms with Crippen molar-refractivity contribution in [1.82, 2.24) is 0 Å². The predicted molar refractivity (Wildman–Crippen MR) is 110 cm³/mol. The van der Waals surface area contributed by atoms with E-state index in [1.165, 1.54) is 20.3 Å². The fourth-order valence-corrected chi connectivity index (χ4v) is 6.82. The molecular weight excluding hydrogens is 416 g/mol. The first-order valence-corrected chi connectivity index (χ1v) is 11.0. The van der Waals surface area contributed by atoms with E-state index >= 15 is 0 Å². The minimum Gasteiger partial charge on any atom is -0.465 e. The van der Waals surface area contributed by atoms with Crippen LogP contribution in [-0.2, 0) is 29.2 Å². The molecule has 8 heteroatoms. The normalized spacial score (nSPS) is 39.9. The van der Waals surface area contributed by atoms with Crippen LogP contribution in [0.4, 0.5) is 0 Å². The number of methoxy groups -OCH3 is 1. The van der Waals surface area contributed by atoms with E-state index < -0.39 is 40.6 Å². The van der Waals surface area contributed by atoms with Gasteiger partial charge in [-0.25, -0.2) is 4.79 Å². The van der Waals surface area contributed by atoms with Crippen molar-refractivity contribution in [2.75, 3.05) is 13.7 Å². The van der Waals surface area contributed by atoms with Crippen LogP contribution in [0.2, 0.25) is 0 Å². The topological polar surface area (TPSA) is 112 Å². The highest BCUT2D eigenvalue weighted by atomic mass is 16.6. The van der Waals surface area contributed by atoms with E-state index in [0.29, 0.717) is 36.0 Å². The summed E-state index contributed by atoms with van der Waals surface area (Å²) in [7, 11) is 1.53. The van der Waals surface area contributed by atoms with Crippen molar-refractivity contribution in [3.05, 3.63) is 34.3 Å². The summed E-state index contributed by atoms with van der Waals surface area (Å²) in [6, 6.07) is 0. The molecule has 0 spiro atoms. The smallest absolute Gasteiger partial charge is 0.342 e. The third kappa shape index (κ3) is 2.37. The van der Waals surface area contributed by atoms with Gasteiger partial charge < -0.3 is 23.7 Å². The number of carbonyl (C=O) groups is 3. The number of aliphatic hydroxyl groups excluding tert-OH is 1. The van der Waals surface area contributed by atoms with E-state index in [0.717, 1.165) is 0 Å². The molecule has 5 rings (SSSR count). The Morgan fingerprint density at radius 2 is 2.00 bits per heavy atom. The van der Waals surface area contributed by atoms with Gasteiger partial charge in [-0.05, 0) is 37.3 Å². The molecule has 1 unspecified atom stereocenters. The second-order valence-corrected chi connectivity index (χ2v) is 10.1. The Kier molecular flexibility index (Phi) is 4.38. The number of cyclic esters (lactones) is 1. The molecule has 32 heavy (non-hydrogen) atoms. The van der Waals surface area contributed by atoms with E-state index in [4.69, 9.17) is 18.6 Å². The van der Waals surface area contributed by atoms with Crippen LogP contribution in [-0.4, -0.2) is 48.3 Å². The third-order valence-corrected chi connectivity index (χ3v) is 8.41. The number of furan rings is 1. The van der Waals surface area contributed by atoms with E-state index in [-0.39, 0.29) is 29.6 Å². The lowest BCUT2D eigenvalue weighted by atomic mass is 9.51. The summed E-state index contributed by atoms with van der Waals surface area (Å²) < 4.78 is 23.0. The van der Waals surface area contributed by atoms with Gasteiger partial charge in [0, 0.05) is 37.9 Å². The zero-order valence-corrected chi connectivity index (χ0v) is 18.9. The molecule has 1 aromatic rings. The molecule has 0 bridgehead atoms. The van der Waals surface area contributed by atoms with Gasteiger partial charge in [0.15, 0.2) is 0 Å². The van der Waals surface area contributed by atoms with Crippen molar-refractivity contribution in [2.24, 2.45) is 11.3 Å². The SMILES string of the molecule is COC[C@]1(C)OC(=O)c2coc3c2[C@@]1(C)C1=C(C3O)[C@@H]2CCC(=O)[C@@]2(C)C[C@H]1OC(C)=O. The predicted octanol–water partition coefficient (Wildman–Crippen LogP) is 2.78. The highest BCUT2D eigenvalue weighted by molar-refractivity contribution is 5.95. The molecule has 2 heterocycles. The first-order chi connectivity index (χ1) is 15.0. The highest BCUT2D eigenvalue weighted by Crippen LogP contribution is 2.65. The van der Waals surface area contributed by atoms with Crippen molar-refractivity contribution in [1.29, 1.82) is 0 Å². The van der Waals surface area contributed by atoms with Crippen LogP contribution >= 0.6 is 0 Å². The number of fused-ring (bicyclic) bond motifs is 3. The summed E-state index contributed by atoms with van der Waals surface area (Å²) in [4.78, 5) is 37.9. The Balaban J connectivity index is 1.85. The second kappa shape index (κ2) is 6.54. The van der Waals surface area contributed by atoms with Crippen LogP contribution in [0.5, 0.6) is 0 Å². The molecule has 0 radical (unpaired) electrons. The fraction of sp³-hybridized carbons (Fsp3) is 0.625. The molecule has 1 N–H and O–H groups in total. The van der Waals surface area contributed by atoms with Gasteiger partial charge in [0.25, 0.3) is 0 Å².